The zero-order chi connectivity index (χ0) is 2.99. The van der Waals surface area contributed by atoms with Crippen molar-refractivity contribution in [3.8, 4) is 0 Å². The first-order valence-electron chi connectivity index (χ1n) is 1.01. The largest absolute Gasteiger partial charge is 0.359 e. The zero-order valence-electron chi connectivity index (χ0n) is 2.12. The molecule has 2 heteroatoms. The normalized spacial score (nSPS) is 17.5. The lowest BCUT2D eigenvalue weighted by molar-refractivity contribution is 0.433. The van der Waals surface area contributed by atoms with Crippen molar-refractivity contribution in [1.29, 1.82) is 0 Å². The van der Waals surface area contributed by atoms with Crippen molar-refractivity contribution in [1.82, 2.24) is 5.48 Å². The summed E-state index contributed by atoms with van der Waals surface area (Å²) in [6, 6.07) is 0. The standard InChI is InChI=1S/C2H3NO/c1-2-3-4-2/h3H,1H2. The Bertz CT molecular complexity index is 44.0. The molecule has 4 heavy (non-hydrogen) atoms. The fourth-order valence-corrected chi connectivity index (χ4v) is 0.0361. The molecule has 1 saturated heterocycles. The van der Waals surface area contributed by atoms with Crippen LogP contribution in [0.25, 0.3) is 0 Å². The van der Waals surface area contributed by atoms with E-state index in [0.717, 1.165) is 0 Å². The van der Waals surface area contributed by atoms with Gasteiger partial charge < -0.3 is 4.84 Å². The van der Waals surface area contributed by atoms with E-state index in [1.54, 1.807) is 0 Å². The Morgan fingerprint density at radius 1 is 2.00 bits per heavy atom. The van der Waals surface area contributed by atoms with Crippen LogP contribution >= 0.6 is 0 Å². The lowest BCUT2D eigenvalue weighted by Crippen LogP contribution is -1.53. The smallest absolute Gasteiger partial charge is 0.245 e. The Balaban J connectivity index is 2.60. The van der Waals surface area contributed by atoms with Crippen LogP contribution in [0.1, 0.15) is 0 Å². The van der Waals surface area contributed by atoms with Gasteiger partial charge in [0, 0.05) is 0 Å². The van der Waals surface area contributed by atoms with Gasteiger partial charge in [-0.25, -0.2) is 0 Å². The van der Waals surface area contributed by atoms with Crippen LogP contribution in [0.4, 0.5) is 0 Å². The van der Waals surface area contributed by atoms with E-state index >= 15 is 0 Å². The maximum Gasteiger partial charge on any atom is 0.245 e. The summed E-state index contributed by atoms with van der Waals surface area (Å²) in [5, 5.41) is 0. The van der Waals surface area contributed by atoms with Crippen molar-refractivity contribution in [2.75, 3.05) is 0 Å². The highest BCUT2D eigenvalue weighted by atomic mass is 16.8. The van der Waals surface area contributed by atoms with E-state index in [4.69, 9.17) is 0 Å². The second-order valence-electron chi connectivity index (χ2n) is 0.627. The van der Waals surface area contributed by atoms with E-state index in [2.05, 4.69) is 16.9 Å². The Kier molecular flexibility index (Phi) is 0.0914. The average Bonchev–Trinajstić information content (AvgIpc) is 1.75. The van der Waals surface area contributed by atoms with Gasteiger partial charge in [-0.2, -0.15) is 5.48 Å². The maximum atomic E-state index is 4.26. The predicted octanol–water partition coefficient (Wildman–Crippen LogP) is -0.00760. The van der Waals surface area contributed by atoms with E-state index in [0.29, 0.717) is 5.88 Å². The molecule has 0 atom stereocenters. The predicted molar refractivity (Wildman–Crippen MR) is 13.4 cm³/mol. The molecule has 0 aromatic rings. The average molecular weight is 57.1 g/mol. The molecule has 0 aromatic heterocycles. The van der Waals surface area contributed by atoms with Crippen LogP contribution in [-0.4, -0.2) is 0 Å². The number of hydroxylamine groups is 1. The van der Waals surface area contributed by atoms with E-state index in [9.17, 15) is 0 Å². The van der Waals surface area contributed by atoms with Gasteiger partial charge in [0.1, 0.15) is 0 Å². The Labute approximate surface area is 24.0 Å². The Morgan fingerprint density at radius 3 is 2.25 bits per heavy atom. The summed E-state index contributed by atoms with van der Waals surface area (Å²) in [6.07, 6.45) is 0. The van der Waals surface area contributed by atoms with Crippen LogP contribution < -0.4 is 5.48 Å². The van der Waals surface area contributed by atoms with Gasteiger partial charge in [-0.3, -0.25) is 0 Å². The lowest BCUT2D eigenvalue weighted by Gasteiger charge is -1.30. The Morgan fingerprint density at radius 2 is 2.25 bits per heavy atom. The van der Waals surface area contributed by atoms with Crippen molar-refractivity contribution < 1.29 is 4.84 Å². The molecule has 1 fully saturated rings. The molecule has 1 aliphatic heterocycles. The van der Waals surface area contributed by atoms with E-state index < -0.39 is 0 Å². The molecule has 0 radical (unpaired) electrons. The van der Waals surface area contributed by atoms with Gasteiger partial charge in [-0.1, -0.05) is 0 Å². The monoisotopic (exact) mass is 57.0 g/mol. The quantitative estimate of drug-likeness (QED) is 0.397. The number of rotatable bonds is 0. The highest BCUT2D eigenvalue weighted by molar-refractivity contribution is 4.83. The fourth-order valence-electron chi connectivity index (χ4n) is 0.0361. The number of hydrogen-bond acceptors (Lipinski definition) is 2. The van der Waals surface area contributed by atoms with Gasteiger partial charge in [0.05, 0.1) is 0 Å². The molecule has 0 aliphatic carbocycles. The summed E-state index contributed by atoms with van der Waals surface area (Å²) in [5.74, 6) is 0.667. The first-order valence-corrected chi connectivity index (χ1v) is 1.01. The van der Waals surface area contributed by atoms with Gasteiger partial charge in [-0.15, -0.1) is 0 Å². The van der Waals surface area contributed by atoms with Gasteiger partial charge in [0.2, 0.25) is 5.88 Å². The number of hydrogen-bond donors (Lipinski definition) is 1. The zero-order valence-corrected chi connectivity index (χ0v) is 2.12. The van der Waals surface area contributed by atoms with Crippen LogP contribution in [0.3, 0.4) is 0 Å². The summed E-state index contributed by atoms with van der Waals surface area (Å²) < 4.78 is 0. The molecule has 1 rings (SSSR count). The van der Waals surface area contributed by atoms with Crippen LogP contribution in [0.5, 0.6) is 0 Å². The van der Waals surface area contributed by atoms with Gasteiger partial charge >= 0.3 is 0 Å². The molecule has 1 aliphatic rings. The van der Waals surface area contributed by atoms with Crippen molar-refractivity contribution in [2.45, 2.75) is 0 Å². The lowest BCUT2D eigenvalue weighted by atomic mass is 11.1. The van der Waals surface area contributed by atoms with Crippen LogP contribution in [0.2, 0.25) is 0 Å². The number of nitrogens with one attached hydrogen (secondary N) is 1. The molecule has 0 aromatic carbocycles. The van der Waals surface area contributed by atoms with Crippen molar-refractivity contribution in [2.24, 2.45) is 0 Å². The minimum Gasteiger partial charge on any atom is -0.359 e. The first-order chi connectivity index (χ1) is 1.89. The van der Waals surface area contributed by atoms with E-state index in [1.165, 1.54) is 0 Å². The van der Waals surface area contributed by atoms with Gasteiger partial charge in [-0.05, 0) is 6.58 Å². The third-order valence-corrected chi connectivity index (χ3v) is 0.246. The van der Waals surface area contributed by atoms with Crippen LogP contribution in [0.15, 0.2) is 12.5 Å². The molecule has 2 nitrogen and oxygen atoms in total. The van der Waals surface area contributed by atoms with E-state index in [1.807, 2.05) is 0 Å². The molecule has 0 bridgehead atoms. The highest BCUT2D eigenvalue weighted by Crippen LogP contribution is 1.96. The van der Waals surface area contributed by atoms with Gasteiger partial charge in [0.25, 0.3) is 0 Å². The summed E-state index contributed by atoms with van der Waals surface area (Å²) in [7, 11) is 0. The molecule has 0 saturated carbocycles. The summed E-state index contributed by atoms with van der Waals surface area (Å²) >= 11 is 0. The summed E-state index contributed by atoms with van der Waals surface area (Å²) in [5.41, 5.74) is 2.40. The van der Waals surface area contributed by atoms with E-state index in [-0.39, 0.29) is 0 Å². The maximum absolute atomic E-state index is 4.26. The second-order valence-corrected chi connectivity index (χ2v) is 0.627. The summed E-state index contributed by atoms with van der Waals surface area (Å²) in [4.78, 5) is 4.26. The fraction of sp³-hybridized carbons (Fsp3) is 0. The SMILES string of the molecule is C=C1NO1. The molecule has 0 unspecified atom stereocenters. The third kappa shape index (κ3) is 0.0283. The second kappa shape index (κ2) is 0.223. The van der Waals surface area contributed by atoms with Crippen LogP contribution in [-0.2, 0) is 4.84 Å². The third-order valence-electron chi connectivity index (χ3n) is 0.246. The van der Waals surface area contributed by atoms with Crippen LogP contribution in [0, 0.1) is 0 Å². The molecule has 22 valence electrons. The minimum absolute atomic E-state index is 0.667. The molecule has 1 N–H and O–H groups in total. The summed E-state index contributed by atoms with van der Waals surface area (Å²) in [6.45, 7) is 3.33. The highest BCUT2D eigenvalue weighted by Gasteiger charge is 2.03. The molecule has 0 spiro atoms. The van der Waals surface area contributed by atoms with Gasteiger partial charge in [0.15, 0.2) is 0 Å². The Hall–Kier alpha value is -0.660. The molecule has 0 amide bonds. The first kappa shape index (κ1) is 1.64. The molecule has 1 heterocycles. The topological polar surface area (TPSA) is 34.5 Å². The van der Waals surface area contributed by atoms with Crippen molar-refractivity contribution >= 4 is 0 Å². The van der Waals surface area contributed by atoms with Crippen molar-refractivity contribution in [3.05, 3.63) is 12.5 Å². The minimum atomic E-state index is 0.667. The molecular formula is C2H3NO. The van der Waals surface area contributed by atoms with Crippen molar-refractivity contribution in [3.63, 3.8) is 0 Å². The molecular weight excluding hydrogens is 54.0 g/mol.